The Balaban J connectivity index is 1.96. The highest BCUT2D eigenvalue weighted by molar-refractivity contribution is 6.03. The van der Waals surface area contributed by atoms with Crippen molar-refractivity contribution in [3.8, 4) is 0 Å². The van der Waals surface area contributed by atoms with Crippen molar-refractivity contribution in [1.29, 1.82) is 0 Å². The normalized spacial score (nSPS) is 20.3. The van der Waals surface area contributed by atoms with Crippen molar-refractivity contribution in [1.82, 2.24) is 0 Å². The smallest absolute Gasteiger partial charge is 0.0406 e. The second-order valence-corrected chi connectivity index (χ2v) is 5.12. The molecule has 0 saturated heterocycles. The van der Waals surface area contributed by atoms with Crippen LogP contribution in [0.25, 0.3) is 0 Å². The van der Waals surface area contributed by atoms with Crippen molar-refractivity contribution < 1.29 is 0 Å². The van der Waals surface area contributed by atoms with E-state index in [9.17, 15) is 0 Å². The molecule has 0 unspecified atom stereocenters. The second kappa shape index (κ2) is 7.03. The van der Waals surface area contributed by atoms with Crippen LogP contribution in [0.2, 0.25) is 0 Å². The van der Waals surface area contributed by atoms with Gasteiger partial charge in [0.25, 0.3) is 0 Å². The Kier molecular flexibility index (Phi) is 5.08. The molecule has 0 heterocycles. The molecule has 2 nitrogen and oxygen atoms in total. The highest BCUT2D eigenvalue weighted by atomic mass is 14.8. The molecule has 0 aromatic rings. The summed E-state index contributed by atoms with van der Waals surface area (Å²) >= 11 is 0. The zero-order valence-electron chi connectivity index (χ0n) is 11.9. The summed E-state index contributed by atoms with van der Waals surface area (Å²) in [5.41, 5.74) is 4.67. The lowest BCUT2D eigenvalue weighted by Crippen LogP contribution is -2.03. The molecule has 0 aromatic heterocycles. The summed E-state index contributed by atoms with van der Waals surface area (Å²) in [6.07, 6.45) is 18.0. The van der Waals surface area contributed by atoms with Gasteiger partial charge in [-0.1, -0.05) is 24.3 Å². The van der Waals surface area contributed by atoms with E-state index in [0.717, 1.165) is 43.5 Å². The standard InChI is InChI=1S/C17H22N2/c1-14(18-16-9-5-3-6-10-16)13-15(2)19-17-11-7-4-8-12-17/h3-5,7,9,11H,6,8,10,12-13H2,1-2H3. The molecule has 0 fully saturated rings. The van der Waals surface area contributed by atoms with Crippen LogP contribution < -0.4 is 0 Å². The number of rotatable bonds is 4. The Bertz CT molecular complexity index is 453. The highest BCUT2D eigenvalue weighted by Gasteiger charge is 2.02. The Morgan fingerprint density at radius 3 is 1.74 bits per heavy atom. The van der Waals surface area contributed by atoms with Crippen molar-refractivity contribution in [3.05, 3.63) is 47.9 Å². The molecule has 2 heteroatoms. The lowest BCUT2D eigenvalue weighted by Gasteiger charge is -2.08. The molecule has 0 radical (unpaired) electrons. The van der Waals surface area contributed by atoms with Gasteiger partial charge in [-0.15, -0.1) is 0 Å². The predicted octanol–water partition coefficient (Wildman–Crippen LogP) is 4.77. The van der Waals surface area contributed by atoms with Crippen LogP contribution in [0.4, 0.5) is 0 Å². The fraction of sp³-hybridized carbons (Fsp3) is 0.412. The van der Waals surface area contributed by atoms with E-state index in [1.165, 1.54) is 11.4 Å². The molecule has 0 N–H and O–H groups in total. The van der Waals surface area contributed by atoms with Gasteiger partial charge >= 0.3 is 0 Å². The Morgan fingerprint density at radius 2 is 1.37 bits per heavy atom. The van der Waals surface area contributed by atoms with Crippen molar-refractivity contribution in [2.75, 3.05) is 0 Å². The summed E-state index contributed by atoms with van der Waals surface area (Å²) in [6.45, 7) is 4.18. The first kappa shape index (κ1) is 13.7. The summed E-state index contributed by atoms with van der Waals surface area (Å²) in [4.78, 5) is 9.36. The molecule has 2 aliphatic carbocycles. The first-order valence-electron chi connectivity index (χ1n) is 7.04. The fourth-order valence-corrected chi connectivity index (χ4v) is 2.31. The Morgan fingerprint density at radius 1 is 0.895 bits per heavy atom. The first-order valence-corrected chi connectivity index (χ1v) is 7.04. The van der Waals surface area contributed by atoms with Gasteiger partial charge < -0.3 is 0 Å². The molecule has 0 amide bonds. The monoisotopic (exact) mass is 254 g/mol. The summed E-state index contributed by atoms with van der Waals surface area (Å²) in [5.74, 6) is 0. The largest absolute Gasteiger partial charge is 0.262 e. The molecule has 0 aliphatic heterocycles. The van der Waals surface area contributed by atoms with Gasteiger partial charge in [0.2, 0.25) is 0 Å². The van der Waals surface area contributed by atoms with Crippen LogP contribution in [-0.2, 0) is 0 Å². The third kappa shape index (κ3) is 4.82. The SMILES string of the molecule is CC(CC(C)=NC1=CC=CCC1)=NC1=CC=CCC1. The van der Waals surface area contributed by atoms with Gasteiger partial charge in [0.15, 0.2) is 0 Å². The molecular formula is C17H22N2. The Labute approximate surface area is 116 Å². The van der Waals surface area contributed by atoms with Crippen molar-refractivity contribution in [2.24, 2.45) is 9.98 Å². The number of hydrogen-bond donors (Lipinski definition) is 0. The van der Waals surface area contributed by atoms with E-state index in [1.54, 1.807) is 0 Å². The first-order chi connectivity index (χ1) is 9.24. The van der Waals surface area contributed by atoms with Gasteiger partial charge in [-0.25, -0.2) is 0 Å². The van der Waals surface area contributed by atoms with Crippen LogP contribution in [0.1, 0.15) is 46.0 Å². The summed E-state index contributed by atoms with van der Waals surface area (Å²) in [5, 5.41) is 0. The number of hydrogen-bond acceptors (Lipinski definition) is 2. The molecule has 2 aliphatic rings. The van der Waals surface area contributed by atoms with Gasteiger partial charge in [0.1, 0.15) is 0 Å². The van der Waals surface area contributed by atoms with Crippen LogP contribution in [0.5, 0.6) is 0 Å². The predicted molar refractivity (Wildman–Crippen MR) is 83.7 cm³/mol. The van der Waals surface area contributed by atoms with Gasteiger partial charge in [0, 0.05) is 29.2 Å². The lowest BCUT2D eigenvalue weighted by molar-refractivity contribution is 0.938. The molecule has 2 rings (SSSR count). The summed E-state index contributed by atoms with van der Waals surface area (Å²) in [6, 6.07) is 0. The molecule has 0 aromatic carbocycles. The fourth-order valence-electron chi connectivity index (χ4n) is 2.31. The van der Waals surface area contributed by atoms with Crippen molar-refractivity contribution in [3.63, 3.8) is 0 Å². The van der Waals surface area contributed by atoms with E-state index in [2.05, 4.69) is 60.3 Å². The minimum Gasteiger partial charge on any atom is -0.262 e. The number of nitrogens with zero attached hydrogens (tertiary/aromatic N) is 2. The third-order valence-corrected chi connectivity index (χ3v) is 3.16. The van der Waals surface area contributed by atoms with Gasteiger partial charge in [-0.05, 0) is 51.7 Å². The van der Waals surface area contributed by atoms with Crippen LogP contribution in [0.15, 0.2) is 57.8 Å². The van der Waals surface area contributed by atoms with Crippen LogP contribution in [-0.4, -0.2) is 11.4 Å². The highest BCUT2D eigenvalue weighted by Crippen LogP contribution is 2.15. The molecule has 0 spiro atoms. The lowest BCUT2D eigenvalue weighted by atomic mass is 10.1. The topological polar surface area (TPSA) is 24.7 Å². The summed E-state index contributed by atoms with van der Waals surface area (Å²) in [7, 11) is 0. The molecule has 0 bridgehead atoms. The van der Waals surface area contributed by atoms with E-state index in [-0.39, 0.29) is 0 Å². The molecule has 0 atom stereocenters. The van der Waals surface area contributed by atoms with Crippen molar-refractivity contribution in [2.45, 2.75) is 46.0 Å². The summed E-state index contributed by atoms with van der Waals surface area (Å²) < 4.78 is 0. The molecule has 19 heavy (non-hydrogen) atoms. The van der Waals surface area contributed by atoms with Crippen LogP contribution in [0.3, 0.4) is 0 Å². The third-order valence-electron chi connectivity index (χ3n) is 3.16. The maximum absolute atomic E-state index is 4.68. The van der Waals surface area contributed by atoms with Gasteiger partial charge in [-0.2, -0.15) is 0 Å². The van der Waals surface area contributed by atoms with Crippen LogP contribution >= 0.6 is 0 Å². The van der Waals surface area contributed by atoms with Gasteiger partial charge in [-0.3, -0.25) is 9.98 Å². The zero-order chi connectivity index (χ0) is 13.5. The Hall–Kier alpha value is -1.70. The maximum atomic E-state index is 4.68. The minimum atomic E-state index is 0.863. The van der Waals surface area contributed by atoms with E-state index in [4.69, 9.17) is 0 Å². The maximum Gasteiger partial charge on any atom is 0.0406 e. The molecular weight excluding hydrogens is 232 g/mol. The second-order valence-electron chi connectivity index (χ2n) is 5.12. The molecule has 100 valence electrons. The van der Waals surface area contributed by atoms with Gasteiger partial charge in [0.05, 0.1) is 0 Å². The quantitative estimate of drug-likeness (QED) is 0.646. The average molecular weight is 254 g/mol. The van der Waals surface area contributed by atoms with E-state index < -0.39 is 0 Å². The average Bonchev–Trinajstić information content (AvgIpc) is 2.40. The number of allylic oxidation sites excluding steroid dienone is 8. The van der Waals surface area contributed by atoms with Crippen molar-refractivity contribution >= 4 is 11.4 Å². The zero-order valence-corrected chi connectivity index (χ0v) is 11.9. The van der Waals surface area contributed by atoms with E-state index in [1.807, 2.05) is 0 Å². The van der Waals surface area contributed by atoms with E-state index >= 15 is 0 Å². The molecule has 0 saturated carbocycles. The van der Waals surface area contributed by atoms with E-state index in [0.29, 0.717) is 0 Å². The van der Waals surface area contributed by atoms with Crippen LogP contribution in [0, 0.1) is 0 Å². The minimum absolute atomic E-state index is 0.863. The number of aliphatic imine (C=N–C) groups is 2.